The number of amides is 1. The number of ether oxygens (including phenoxy) is 2. The number of benzene rings is 2. The second kappa shape index (κ2) is 9.99. The Kier molecular flexibility index (Phi) is 7.37. The number of fused-ring (bicyclic) bond motifs is 1. The lowest BCUT2D eigenvalue weighted by Gasteiger charge is -2.33. The van der Waals surface area contributed by atoms with Crippen LogP contribution >= 0.6 is 0 Å². The molecule has 0 saturated heterocycles. The summed E-state index contributed by atoms with van der Waals surface area (Å²) in [4.78, 5) is 24.9. The topological polar surface area (TPSA) is 64.6 Å². The maximum absolute atomic E-state index is 13.2. The quantitative estimate of drug-likeness (QED) is 0.428. The molecule has 2 aromatic carbocycles. The minimum atomic E-state index is -0.396. The summed E-state index contributed by atoms with van der Waals surface area (Å²) in [6.07, 6.45) is 4.94. The lowest BCUT2D eigenvalue weighted by atomic mass is 9.78. The number of hydrogen-bond donors (Lipinski definition) is 1. The van der Waals surface area contributed by atoms with Crippen molar-refractivity contribution in [1.29, 1.82) is 0 Å². The van der Waals surface area contributed by atoms with E-state index in [-0.39, 0.29) is 17.2 Å². The van der Waals surface area contributed by atoms with Crippen molar-refractivity contribution < 1.29 is 19.1 Å². The molecule has 0 bridgehead atoms. The molecule has 5 heteroatoms. The van der Waals surface area contributed by atoms with Crippen molar-refractivity contribution in [3.05, 3.63) is 59.2 Å². The zero-order valence-electron chi connectivity index (χ0n) is 19.0. The fourth-order valence-electron chi connectivity index (χ4n) is 4.07. The molecule has 0 spiro atoms. The average Bonchev–Trinajstić information content (AvgIpc) is 2.76. The Morgan fingerprint density at radius 3 is 2.55 bits per heavy atom. The van der Waals surface area contributed by atoms with Crippen LogP contribution in [-0.2, 0) is 14.9 Å². The monoisotopic (exact) mass is 423 g/mol. The number of anilines is 1. The molecule has 1 N–H and O–H groups in total. The zero-order valence-corrected chi connectivity index (χ0v) is 19.0. The number of carbonyl (C=O) groups is 2. The van der Waals surface area contributed by atoms with E-state index in [4.69, 9.17) is 9.47 Å². The molecule has 0 aromatic heterocycles. The van der Waals surface area contributed by atoms with E-state index in [1.165, 1.54) is 12.7 Å². The molecule has 1 atom stereocenters. The highest BCUT2D eigenvalue weighted by molar-refractivity contribution is 5.96. The largest absolute Gasteiger partial charge is 0.493 e. The highest BCUT2D eigenvalue weighted by Crippen LogP contribution is 2.40. The van der Waals surface area contributed by atoms with Crippen molar-refractivity contribution in [3.63, 3.8) is 0 Å². The van der Waals surface area contributed by atoms with Gasteiger partial charge in [-0.3, -0.25) is 4.79 Å². The maximum Gasteiger partial charge on any atom is 0.337 e. The summed E-state index contributed by atoms with van der Waals surface area (Å²) in [7, 11) is 1.35. The number of carbonyl (C=O) groups excluding carboxylic acids is 2. The molecular weight excluding hydrogens is 390 g/mol. The Bertz CT molecular complexity index is 918. The summed E-state index contributed by atoms with van der Waals surface area (Å²) in [5.41, 5.74) is 3.38. The van der Waals surface area contributed by atoms with Crippen LogP contribution in [0.15, 0.2) is 42.5 Å². The Labute approximate surface area is 185 Å². The lowest BCUT2D eigenvalue weighted by molar-refractivity contribution is -0.117. The smallest absolute Gasteiger partial charge is 0.337 e. The van der Waals surface area contributed by atoms with Crippen LogP contribution in [0.4, 0.5) is 5.69 Å². The molecule has 1 unspecified atom stereocenters. The summed E-state index contributed by atoms with van der Waals surface area (Å²) in [6, 6.07) is 13.0. The first-order valence-electron chi connectivity index (χ1n) is 11.1. The van der Waals surface area contributed by atoms with Crippen molar-refractivity contribution in [1.82, 2.24) is 0 Å². The van der Waals surface area contributed by atoms with Gasteiger partial charge in [-0.1, -0.05) is 52.2 Å². The minimum absolute atomic E-state index is 0.0445. The summed E-state index contributed by atoms with van der Waals surface area (Å²) < 4.78 is 10.7. The van der Waals surface area contributed by atoms with Gasteiger partial charge in [-0.05, 0) is 59.7 Å². The van der Waals surface area contributed by atoms with E-state index in [2.05, 4.69) is 38.2 Å². The van der Waals surface area contributed by atoms with Gasteiger partial charge in [0.1, 0.15) is 5.75 Å². The van der Waals surface area contributed by atoms with Gasteiger partial charge in [-0.15, -0.1) is 0 Å². The summed E-state index contributed by atoms with van der Waals surface area (Å²) in [5, 5.41) is 3.02. The molecule has 1 heterocycles. The van der Waals surface area contributed by atoms with Crippen molar-refractivity contribution in [2.75, 3.05) is 19.0 Å². The summed E-state index contributed by atoms with van der Waals surface area (Å²) in [5.74, 6) is 0.194. The van der Waals surface area contributed by atoms with Crippen LogP contribution in [0.3, 0.4) is 0 Å². The van der Waals surface area contributed by atoms with Gasteiger partial charge >= 0.3 is 5.97 Å². The van der Waals surface area contributed by atoms with Gasteiger partial charge in [-0.2, -0.15) is 0 Å². The highest BCUT2D eigenvalue weighted by atomic mass is 16.5. The van der Waals surface area contributed by atoms with E-state index in [9.17, 15) is 9.59 Å². The van der Waals surface area contributed by atoms with E-state index in [1.807, 2.05) is 6.07 Å². The Morgan fingerprint density at radius 1 is 1.13 bits per heavy atom. The third-order valence-corrected chi connectivity index (χ3v) is 6.11. The van der Waals surface area contributed by atoms with Gasteiger partial charge in [0.05, 0.1) is 25.2 Å². The third-order valence-electron chi connectivity index (χ3n) is 6.11. The predicted octanol–water partition coefficient (Wildman–Crippen LogP) is 5.84. The first kappa shape index (κ1) is 22.9. The third kappa shape index (κ3) is 5.46. The SMILES string of the molecule is CCCCCC(C(=O)Nc1ccc(C(=O)OC)cc1)c1ccc2c(c1)OCCC2(C)C. The average molecular weight is 424 g/mol. The van der Waals surface area contributed by atoms with E-state index in [0.29, 0.717) is 17.9 Å². The predicted molar refractivity (Wildman–Crippen MR) is 123 cm³/mol. The van der Waals surface area contributed by atoms with Crippen molar-refractivity contribution in [2.45, 2.75) is 64.2 Å². The van der Waals surface area contributed by atoms with Crippen LogP contribution in [-0.4, -0.2) is 25.6 Å². The fraction of sp³-hybridized carbons (Fsp3) is 0.462. The van der Waals surface area contributed by atoms with E-state index >= 15 is 0 Å². The van der Waals surface area contributed by atoms with Crippen molar-refractivity contribution in [3.8, 4) is 5.75 Å². The molecule has 31 heavy (non-hydrogen) atoms. The van der Waals surface area contributed by atoms with Gasteiger partial charge in [0.2, 0.25) is 5.91 Å². The van der Waals surface area contributed by atoms with Crippen LogP contribution in [0.2, 0.25) is 0 Å². The number of esters is 1. The molecule has 166 valence electrons. The van der Waals surface area contributed by atoms with Crippen LogP contribution < -0.4 is 10.1 Å². The molecule has 1 aliphatic heterocycles. The second-order valence-corrected chi connectivity index (χ2v) is 8.84. The molecular formula is C26H33NO4. The number of nitrogens with one attached hydrogen (secondary N) is 1. The standard InChI is InChI=1S/C26H33NO4/c1-5-6-7-8-21(19-11-14-22-23(17-19)31-16-15-26(22,2)3)24(28)27-20-12-9-18(10-13-20)25(29)30-4/h9-14,17,21H,5-8,15-16H2,1-4H3,(H,27,28). The number of rotatable bonds is 8. The highest BCUT2D eigenvalue weighted by Gasteiger charge is 2.30. The van der Waals surface area contributed by atoms with Gasteiger partial charge < -0.3 is 14.8 Å². The second-order valence-electron chi connectivity index (χ2n) is 8.84. The fourth-order valence-corrected chi connectivity index (χ4v) is 4.07. The van der Waals surface area contributed by atoms with E-state index < -0.39 is 5.97 Å². The molecule has 1 amide bonds. The molecule has 0 fully saturated rings. The van der Waals surface area contributed by atoms with Crippen LogP contribution in [0.25, 0.3) is 0 Å². The molecule has 1 aliphatic rings. The first-order valence-corrected chi connectivity index (χ1v) is 11.1. The minimum Gasteiger partial charge on any atom is -0.493 e. The van der Waals surface area contributed by atoms with E-state index in [1.54, 1.807) is 24.3 Å². The number of methoxy groups -OCH3 is 1. The molecule has 0 aliphatic carbocycles. The van der Waals surface area contributed by atoms with Crippen LogP contribution in [0, 0.1) is 0 Å². The van der Waals surface area contributed by atoms with Gasteiger partial charge in [0, 0.05) is 5.69 Å². The molecule has 2 aromatic rings. The number of hydrogen-bond acceptors (Lipinski definition) is 4. The van der Waals surface area contributed by atoms with E-state index in [0.717, 1.165) is 43.4 Å². The Morgan fingerprint density at radius 2 is 1.87 bits per heavy atom. The summed E-state index contributed by atoms with van der Waals surface area (Å²) in [6.45, 7) is 7.32. The van der Waals surface area contributed by atoms with Crippen LogP contribution in [0.1, 0.15) is 80.3 Å². The zero-order chi connectivity index (χ0) is 22.4. The number of unbranched alkanes of at least 4 members (excludes halogenated alkanes) is 2. The Hall–Kier alpha value is -2.82. The maximum atomic E-state index is 13.2. The molecule has 0 radical (unpaired) electrons. The lowest BCUT2D eigenvalue weighted by Crippen LogP contribution is -2.27. The molecule has 3 rings (SSSR count). The van der Waals surface area contributed by atoms with Gasteiger partial charge in [0.25, 0.3) is 0 Å². The summed E-state index contributed by atoms with van der Waals surface area (Å²) >= 11 is 0. The van der Waals surface area contributed by atoms with Gasteiger partial charge in [-0.25, -0.2) is 4.79 Å². The van der Waals surface area contributed by atoms with Crippen molar-refractivity contribution >= 4 is 17.6 Å². The first-order chi connectivity index (χ1) is 14.9. The Balaban J connectivity index is 1.82. The molecule has 0 saturated carbocycles. The van der Waals surface area contributed by atoms with Gasteiger partial charge in [0.15, 0.2) is 0 Å². The van der Waals surface area contributed by atoms with Crippen molar-refractivity contribution in [2.24, 2.45) is 0 Å². The molecule has 5 nitrogen and oxygen atoms in total. The normalized spacial score (nSPS) is 15.4. The van der Waals surface area contributed by atoms with Crippen LogP contribution in [0.5, 0.6) is 5.75 Å².